The van der Waals surface area contributed by atoms with E-state index in [9.17, 15) is 4.79 Å². The Bertz CT molecular complexity index is 668. The Morgan fingerprint density at radius 2 is 1.67 bits per heavy atom. The van der Waals surface area contributed by atoms with E-state index >= 15 is 0 Å². The second-order valence-corrected chi connectivity index (χ2v) is 9.11. The van der Waals surface area contributed by atoms with Crippen LogP contribution in [0.3, 0.4) is 0 Å². The molecule has 27 heavy (non-hydrogen) atoms. The lowest BCUT2D eigenvalue weighted by atomic mass is 9.53. The summed E-state index contributed by atoms with van der Waals surface area (Å²) in [6, 6.07) is 5.92. The molecule has 148 valence electrons. The van der Waals surface area contributed by atoms with Crippen LogP contribution in [0.2, 0.25) is 0 Å². The van der Waals surface area contributed by atoms with E-state index in [1.54, 1.807) is 14.2 Å². The van der Waals surface area contributed by atoms with E-state index in [2.05, 4.69) is 10.2 Å². The molecule has 4 fully saturated rings. The summed E-state index contributed by atoms with van der Waals surface area (Å²) in [5.74, 6) is 4.16. The van der Waals surface area contributed by atoms with E-state index in [1.165, 1.54) is 38.5 Å². The molecule has 0 saturated heterocycles. The summed E-state index contributed by atoms with van der Waals surface area (Å²) in [5.41, 5.74) is 1.20. The second-order valence-electron chi connectivity index (χ2n) is 9.11. The molecule has 4 aliphatic rings. The Hall–Kier alpha value is -1.75. The number of carbonyl (C=O) groups is 1. The summed E-state index contributed by atoms with van der Waals surface area (Å²) in [6.45, 7) is 1.13. The van der Waals surface area contributed by atoms with Gasteiger partial charge in [-0.15, -0.1) is 0 Å². The topological polar surface area (TPSA) is 50.8 Å². The van der Waals surface area contributed by atoms with Crippen LogP contribution in [-0.4, -0.2) is 44.2 Å². The van der Waals surface area contributed by atoms with Crippen LogP contribution < -0.4 is 14.8 Å². The molecule has 5 nitrogen and oxygen atoms in total. The van der Waals surface area contributed by atoms with Crippen molar-refractivity contribution in [1.82, 2.24) is 10.2 Å². The largest absolute Gasteiger partial charge is 0.493 e. The maximum Gasteiger partial charge on any atom is 0.234 e. The van der Waals surface area contributed by atoms with Gasteiger partial charge in [-0.25, -0.2) is 0 Å². The highest BCUT2D eigenvalue weighted by Crippen LogP contribution is 2.55. The highest BCUT2D eigenvalue weighted by molar-refractivity contribution is 5.79. The van der Waals surface area contributed by atoms with Crippen molar-refractivity contribution >= 4 is 5.91 Å². The van der Waals surface area contributed by atoms with Crippen LogP contribution >= 0.6 is 0 Å². The minimum absolute atomic E-state index is 0.0933. The molecule has 0 radical (unpaired) electrons. The van der Waals surface area contributed by atoms with Crippen molar-refractivity contribution in [2.75, 3.05) is 27.8 Å². The van der Waals surface area contributed by atoms with Gasteiger partial charge in [-0.1, -0.05) is 6.07 Å². The zero-order valence-corrected chi connectivity index (χ0v) is 16.8. The van der Waals surface area contributed by atoms with Crippen molar-refractivity contribution in [3.05, 3.63) is 23.8 Å². The molecular weight excluding hydrogens is 340 g/mol. The van der Waals surface area contributed by atoms with Crippen LogP contribution in [-0.2, 0) is 11.3 Å². The van der Waals surface area contributed by atoms with Gasteiger partial charge in [-0.2, -0.15) is 0 Å². The Morgan fingerprint density at radius 1 is 1.07 bits per heavy atom. The highest BCUT2D eigenvalue weighted by atomic mass is 16.5. The minimum Gasteiger partial charge on any atom is -0.493 e. The van der Waals surface area contributed by atoms with Gasteiger partial charge in [0.1, 0.15) is 0 Å². The first-order chi connectivity index (χ1) is 13.0. The van der Waals surface area contributed by atoms with Gasteiger partial charge >= 0.3 is 0 Å². The molecular formula is C22H32N2O3. The number of nitrogens with zero attached hydrogens (tertiary/aromatic N) is 1. The van der Waals surface area contributed by atoms with Crippen LogP contribution in [0, 0.1) is 17.8 Å². The summed E-state index contributed by atoms with van der Waals surface area (Å²) in [6.07, 6.45) is 7.79. The quantitative estimate of drug-likeness (QED) is 0.798. The Balaban J connectivity index is 1.33. The van der Waals surface area contributed by atoms with E-state index in [-0.39, 0.29) is 11.4 Å². The molecule has 0 aliphatic heterocycles. The molecule has 0 unspecified atom stereocenters. The summed E-state index contributed by atoms with van der Waals surface area (Å²) in [5, 5.41) is 3.46. The molecule has 1 aromatic rings. The van der Waals surface area contributed by atoms with Gasteiger partial charge in [0.25, 0.3) is 0 Å². The minimum atomic E-state index is 0.0933. The fourth-order valence-corrected chi connectivity index (χ4v) is 6.19. The number of amides is 1. The molecule has 0 spiro atoms. The van der Waals surface area contributed by atoms with Crippen molar-refractivity contribution in [3.8, 4) is 11.5 Å². The van der Waals surface area contributed by atoms with Gasteiger partial charge in [0.15, 0.2) is 11.5 Å². The molecule has 1 aromatic carbocycles. The molecule has 0 aromatic heterocycles. The summed E-state index contributed by atoms with van der Waals surface area (Å²) < 4.78 is 10.7. The van der Waals surface area contributed by atoms with Gasteiger partial charge in [-0.05, 0) is 81.0 Å². The molecule has 4 bridgehead atoms. The lowest BCUT2D eigenvalue weighted by molar-refractivity contribution is -0.127. The molecule has 4 aliphatic carbocycles. The van der Waals surface area contributed by atoms with Crippen molar-refractivity contribution in [1.29, 1.82) is 0 Å². The smallest absolute Gasteiger partial charge is 0.234 e. The number of methoxy groups -OCH3 is 2. The number of carbonyl (C=O) groups excluding carboxylic acids is 1. The fraction of sp³-hybridized carbons (Fsp3) is 0.682. The molecule has 5 rings (SSSR count). The standard InChI is InChI=1S/C22H32N2O3/c1-24(13-15-4-5-19(26-2)20(9-15)27-3)14-21(25)23-22-10-16-6-17(11-22)8-18(7-16)12-22/h4-5,9,16-18H,6-8,10-14H2,1-3H3,(H,23,25). The predicted molar refractivity (Wildman–Crippen MR) is 105 cm³/mol. The third-order valence-corrected chi connectivity index (χ3v) is 6.76. The van der Waals surface area contributed by atoms with Gasteiger partial charge < -0.3 is 14.8 Å². The molecule has 0 atom stereocenters. The third kappa shape index (κ3) is 3.93. The number of hydrogen-bond acceptors (Lipinski definition) is 4. The van der Waals surface area contributed by atoms with Crippen LogP contribution in [0.25, 0.3) is 0 Å². The monoisotopic (exact) mass is 372 g/mol. The van der Waals surface area contributed by atoms with Crippen LogP contribution in [0.5, 0.6) is 11.5 Å². The number of ether oxygens (including phenoxy) is 2. The first-order valence-electron chi connectivity index (χ1n) is 10.2. The van der Waals surface area contributed by atoms with Crippen molar-refractivity contribution in [3.63, 3.8) is 0 Å². The first kappa shape index (κ1) is 18.6. The van der Waals surface area contributed by atoms with Gasteiger partial charge in [0.05, 0.1) is 20.8 Å². The zero-order chi connectivity index (χ0) is 19.0. The average molecular weight is 373 g/mol. The lowest BCUT2D eigenvalue weighted by Gasteiger charge is -2.57. The number of hydrogen-bond donors (Lipinski definition) is 1. The highest BCUT2D eigenvalue weighted by Gasteiger charge is 2.51. The SMILES string of the molecule is COc1ccc(CN(C)CC(=O)NC23CC4CC(CC(C4)C2)C3)cc1OC. The Labute approximate surface area is 162 Å². The van der Waals surface area contributed by atoms with Crippen LogP contribution in [0.15, 0.2) is 18.2 Å². The third-order valence-electron chi connectivity index (χ3n) is 6.76. The summed E-state index contributed by atoms with van der Waals surface area (Å²) in [7, 11) is 5.28. The zero-order valence-electron chi connectivity index (χ0n) is 16.8. The molecule has 4 saturated carbocycles. The van der Waals surface area contributed by atoms with Crippen molar-refractivity contribution in [2.45, 2.75) is 50.6 Å². The van der Waals surface area contributed by atoms with Gasteiger partial charge in [0, 0.05) is 12.1 Å². The maximum atomic E-state index is 12.8. The number of benzene rings is 1. The molecule has 5 heteroatoms. The molecule has 1 amide bonds. The summed E-state index contributed by atoms with van der Waals surface area (Å²) in [4.78, 5) is 14.8. The van der Waals surface area contributed by atoms with E-state index in [4.69, 9.17) is 9.47 Å². The molecule has 1 N–H and O–H groups in total. The number of likely N-dealkylation sites (N-methyl/N-ethyl adjacent to an activating group) is 1. The van der Waals surface area contributed by atoms with E-state index in [0.717, 1.165) is 34.8 Å². The number of nitrogens with one attached hydrogen (secondary N) is 1. The van der Waals surface area contributed by atoms with Gasteiger partial charge in [0.2, 0.25) is 5.91 Å². The predicted octanol–water partition coefficient (Wildman–Crippen LogP) is 3.22. The van der Waals surface area contributed by atoms with Gasteiger partial charge in [-0.3, -0.25) is 9.69 Å². The normalized spacial score (nSPS) is 31.2. The van der Waals surface area contributed by atoms with Crippen molar-refractivity contribution < 1.29 is 14.3 Å². The van der Waals surface area contributed by atoms with E-state index in [1.807, 2.05) is 25.2 Å². The fourth-order valence-electron chi connectivity index (χ4n) is 6.19. The van der Waals surface area contributed by atoms with Crippen LogP contribution in [0.1, 0.15) is 44.1 Å². The number of rotatable bonds is 7. The van der Waals surface area contributed by atoms with Crippen molar-refractivity contribution in [2.24, 2.45) is 17.8 Å². The maximum absolute atomic E-state index is 12.8. The van der Waals surface area contributed by atoms with Crippen LogP contribution in [0.4, 0.5) is 0 Å². The van der Waals surface area contributed by atoms with E-state index < -0.39 is 0 Å². The Morgan fingerprint density at radius 3 is 2.22 bits per heavy atom. The lowest BCUT2D eigenvalue weighted by Crippen LogP contribution is -2.60. The summed E-state index contributed by atoms with van der Waals surface area (Å²) >= 11 is 0. The first-order valence-corrected chi connectivity index (χ1v) is 10.2. The van der Waals surface area contributed by atoms with E-state index in [0.29, 0.717) is 13.1 Å². The second kappa shape index (κ2) is 7.34. The Kier molecular flexibility index (Phi) is 5.06. The average Bonchev–Trinajstić information content (AvgIpc) is 2.59. The molecule has 0 heterocycles.